The third kappa shape index (κ3) is 6.01. The van der Waals surface area contributed by atoms with E-state index in [4.69, 9.17) is 5.10 Å². The van der Waals surface area contributed by atoms with E-state index in [0.29, 0.717) is 0 Å². The molecule has 5 heteroatoms. The number of hydrazone groups is 1. The van der Waals surface area contributed by atoms with Crippen LogP contribution in [0, 0.1) is 0 Å². The lowest BCUT2D eigenvalue weighted by Crippen LogP contribution is -3.00. The third-order valence-corrected chi connectivity index (χ3v) is 17.7. The molecule has 1 aliphatic heterocycles. The van der Waals surface area contributed by atoms with Crippen LogP contribution in [0.25, 0.3) is 0 Å². The first-order valence-electron chi connectivity index (χ1n) is 15.8. The molecule has 0 unspecified atom stereocenters. The molecule has 0 fully saturated rings. The lowest BCUT2D eigenvalue weighted by atomic mass is 10.3. The van der Waals surface area contributed by atoms with Crippen molar-refractivity contribution in [2.75, 3.05) is 19.3 Å². The summed E-state index contributed by atoms with van der Waals surface area (Å²) < 4.78 is 0. The molecule has 6 aromatic carbocycles. The minimum atomic E-state index is -2.16. The van der Waals surface area contributed by atoms with Gasteiger partial charge in [0.05, 0.1) is 12.7 Å². The van der Waals surface area contributed by atoms with E-state index in [1.165, 1.54) is 37.3 Å². The maximum atomic E-state index is 5.59. The van der Waals surface area contributed by atoms with Crippen molar-refractivity contribution in [3.05, 3.63) is 182 Å². The summed E-state index contributed by atoms with van der Waals surface area (Å²) in [5.41, 5.74) is 1.31. The van der Waals surface area contributed by atoms with Gasteiger partial charge in [0, 0.05) is 13.0 Å². The quantitative estimate of drug-likeness (QED) is 0.198. The van der Waals surface area contributed by atoms with E-state index in [1.54, 1.807) is 0 Å². The minimum Gasteiger partial charge on any atom is -1.00 e. The van der Waals surface area contributed by atoms with Crippen molar-refractivity contribution in [3.63, 3.8) is 0 Å². The van der Waals surface area contributed by atoms with Gasteiger partial charge in [-0.1, -0.05) is 109 Å². The van der Waals surface area contributed by atoms with Crippen LogP contribution in [-0.4, -0.2) is 29.7 Å². The molecule has 1 heterocycles. The Labute approximate surface area is 285 Å². The fraction of sp³-hybridized carbons (Fsp3) is 0.0976. The average molecular weight is 701 g/mol. The predicted octanol–water partition coefficient (Wildman–Crippen LogP) is 4.00. The van der Waals surface area contributed by atoms with E-state index in [0.717, 1.165) is 25.7 Å². The summed E-state index contributed by atoms with van der Waals surface area (Å²) in [7, 11) is -4.10. The summed E-state index contributed by atoms with van der Waals surface area (Å²) in [5, 5.41) is 16.3. The number of hydrogen-bond acceptors (Lipinski definition) is 2. The molecule has 0 amide bonds. The number of nitrogens with zero attached hydrogens (tertiary/aromatic N) is 2. The van der Waals surface area contributed by atoms with Crippen molar-refractivity contribution < 1.29 is 17.0 Å². The molecule has 2 nitrogen and oxygen atoms in total. The Balaban J connectivity index is 0.00000372. The largest absolute Gasteiger partial charge is 1.00 e. The van der Waals surface area contributed by atoms with Gasteiger partial charge < -0.3 is 17.0 Å². The van der Waals surface area contributed by atoms with Crippen LogP contribution < -0.4 is 48.8 Å². The van der Waals surface area contributed by atoms with Crippen molar-refractivity contribution in [2.24, 2.45) is 5.10 Å². The number of rotatable bonds is 10. The summed E-state index contributed by atoms with van der Waals surface area (Å²) >= 11 is 0. The maximum absolute atomic E-state index is 5.59. The molecule has 0 aromatic heterocycles. The topological polar surface area (TPSA) is 15.6 Å². The van der Waals surface area contributed by atoms with Gasteiger partial charge in [0.25, 0.3) is 0 Å². The minimum absolute atomic E-state index is 0. The molecule has 0 bridgehead atoms. The Bertz CT molecular complexity index is 1640. The molecule has 0 radical (unpaired) electrons. The monoisotopic (exact) mass is 699 g/mol. The second kappa shape index (κ2) is 14.7. The van der Waals surface area contributed by atoms with Crippen LogP contribution in [0.3, 0.4) is 0 Å². The van der Waals surface area contributed by atoms with Crippen molar-refractivity contribution in [3.8, 4) is 0 Å². The van der Waals surface area contributed by atoms with E-state index < -0.39 is 14.5 Å². The second-order valence-electron chi connectivity index (χ2n) is 11.4. The zero-order valence-electron chi connectivity index (χ0n) is 25.8. The van der Waals surface area contributed by atoms with E-state index in [2.05, 4.69) is 187 Å². The zero-order chi connectivity index (χ0) is 30.4. The molecule has 46 heavy (non-hydrogen) atoms. The zero-order valence-corrected chi connectivity index (χ0v) is 29.2. The van der Waals surface area contributed by atoms with Gasteiger partial charge >= 0.3 is 0 Å². The molecule has 0 aliphatic carbocycles. The summed E-state index contributed by atoms with van der Waals surface area (Å²) in [6.07, 6.45) is 1.98. The first-order chi connectivity index (χ1) is 22.3. The highest BCUT2D eigenvalue weighted by atomic mass is 79.9. The first kappa shape index (κ1) is 32.1. The Kier molecular flexibility index (Phi) is 10.3. The highest BCUT2D eigenvalue weighted by Gasteiger charge is 2.53. The van der Waals surface area contributed by atoms with Crippen molar-refractivity contribution >= 4 is 51.8 Å². The highest BCUT2D eigenvalue weighted by Crippen LogP contribution is 2.59. The maximum Gasteiger partial charge on any atom is 0.194 e. The molecule has 0 atom stereocenters. The molecule has 6 aromatic rings. The Morgan fingerprint density at radius 1 is 0.435 bits per heavy atom. The molecule has 0 N–H and O–H groups in total. The Hall–Kier alpha value is -3.87. The smallest absolute Gasteiger partial charge is 0.194 e. The van der Waals surface area contributed by atoms with Crippen LogP contribution in [0.4, 0.5) is 0 Å². The van der Waals surface area contributed by atoms with E-state index in [9.17, 15) is 0 Å². The van der Waals surface area contributed by atoms with E-state index >= 15 is 0 Å². The summed E-state index contributed by atoms with van der Waals surface area (Å²) in [6.45, 7) is 1.83. The summed E-state index contributed by atoms with van der Waals surface area (Å²) in [6, 6.07) is 66.9. The van der Waals surface area contributed by atoms with Gasteiger partial charge in [0.15, 0.2) is 12.7 Å². The van der Waals surface area contributed by atoms with Crippen molar-refractivity contribution in [1.82, 2.24) is 5.01 Å². The van der Waals surface area contributed by atoms with Gasteiger partial charge in [0.1, 0.15) is 39.1 Å². The fourth-order valence-corrected chi connectivity index (χ4v) is 15.5. The van der Waals surface area contributed by atoms with Crippen LogP contribution >= 0.6 is 14.5 Å². The van der Waals surface area contributed by atoms with Gasteiger partial charge in [-0.25, -0.2) is 0 Å². The van der Waals surface area contributed by atoms with Gasteiger partial charge in [-0.2, -0.15) is 0 Å². The normalized spacial score (nSPS) is 13.1. The van der Waals surface area contributed by atoms with Gasteiger partial charge in [-0.05, 0) is 72.8 Å². The average Bonchev–Trinajstić information content (AvgIpc) is 3.61. The van der Waals surface area contributed by atoms with Crippen LogP contribution in [0.1, 0.15) is 6.42 Å². The van der Waals surface area contributed by atoms with Crippen LogP contribution in [0.2, 0.25) is 0 Å². The first-order valence-corrected chi connectivity index (χ1v) is 19.5. The standard InChI is InChI=1S/C41H38N2P2.BrH/c1-7-19-35(20-8-1)44(36-21-9-2-10-22-36,37-23-11-3-12-24-37)34-33-43-32-31-41(42-43)45(38-25-13-4-14-26-38,39-27-15-5-16-28-39)40-29-17-6-18-30-40;/h1-30H,31-34H2;1H/q+2;/p-1. The molecule has 228 valence electrons. The number of hydrogen-bond donors (Lipinski definition) is 0. The molecular formula is C41H38BrN2P2+. The fourth-order valence-electron chi connectivity index (χ4n) is 6.89. The van der Waals surface area contributed by atoms with E-state index in [1.807, 2.05) is 0 Å². The SMILES string of the molecule is [Br-].c1ccc([P+](CCN2CCC([P+](c3ccccc3)(c3ccccc3)c3ccccc3)=N2)(c2ccccc2)c2ccccc2)cc1. The number of halogens is 1. The Morgan fingerprint density at radius 2 is 0.739 bits per heavy atom. The summed E-state index contributed by atoms with van der Waals surface area (Å²) in [4.78, 5) is 0. The predicted molar refractivity (Wildman–Crippen MR) is 199 cm³/mol. The van der Waals surface area contributed by atoms with Gasteiger partial charge in [-0.3, -0.25) is 5.01 Å². The molecule has 0 saturated heterocycles. The van der Waals surface area contributed by atoms with Crippen molar-refractivity contribution in [1.29, 1.82) is 0 Å². The lowest BCUT2D eigenvalue weighted by Gasteiger charge is -2.29. The van der Waals surface area contributed by atoms with E-state index in [-0.39, 0.29) is 17.0 Å². The Morgan fingerprint density at radius 3 is 1.07 bits per heavy atom. The van der Waals surface area contributed by atoms with Crippen LogP contribution in [0.15, 0.2) is 187 Å². The molecular weight excluding hydrogens is 662 g/mol. The lowest BCUT2D eigenvalue weighted by molar-refractivity contribution is -0.00000861. The van der Waals surface area contributed by atoms with Crippen LogP contribution in [-0.2, 0) is 0 Å². The third-order valence-electron chi connectivity index (χ3n) is 8.95. The van der Waals surface area contributed by atoms with Gasteiger partial charge in [-0.15, -0.1) is 5.10 Å². The van der Waals surface area contributed by atoms with Crippen molar-refractivity contribution in [2.45, 2.75) is 6.42 Å². The molecule has 0 saturated carbocycles. The second-order valence-corrected chi connectivity index (χ2v) is 18.5. The van der Waals surface area contributed by atoms with Crippen LogP contribution in [0.5, 0.6) is 0 Å². The molecule has 0 spiro atoms. The number of benzene rings is 6. The van der Waals surface area contributed by atoms with Gasteiger partial charge in [0.2, 0.25) is 0 Å². The molecule has 1 aliphatic rings. The summed E-state index contributed by atoms with van der Waals surface area (Å²) in [5.74, 6) is 0. The molecule has 7 rings (SSSR count). The highest BCUT2D eigenvalue weighted by molar-refractivity contribution is 8.08.